The summed E-state index contributed by atoms with van der Waals surface area (Å²) in [7, 11) is 0. The number of anilines is 1. The molecule has 0 saturated carbocycles. The van der Waals surface area contributed by atoms with E-state index in [-0.39, 0.29) is 16.6 Å². The van der Waals surface area contributed by atoms with Crippen LogP contribution in [0, 0.1) is 19.7 Å². The van der Waals surface area contributed by atoms with Crippen molar-refractivity contribution in [2.45, 2.75) is 20.3 Å². The van der Waals surface area contributed by atoms with Gasteiger partial charge in [0, 0.05) is 0 Å². The molecule has 7 heteroatoms. The highest BCUT2D eigenvalue weighted by Crippen LogP contribution is 2.20. The Morgan fingerprint density at radius 1 is 1.20 bits per heavy atom. The second-order valence-corrected chi connectivity index (χ2v) is 6.09. The number of halogens is 2. The highest BCUT2D eigenvalue weighted by molar-refractivity contribution is 6.34. The number of carbonyl (C=O) groups excluding carboxylic acids is 1. The van der Waals surface area contributed by atoms with Gasteiger partial charge in [-0.3, -0.25) is 10.1 Å². The van der Waals surface area contributed by atoms with Gasteiger partial charge in [0.2, 0.25) is 5.89 Å². The van der Waals surface area contributed by atoms with Crippen LogP contribution in [0.25, 0.3) is 0 Å². The standard InChI is InChI=1S/C18H15ClFN3O2/c1-10-3-4-12(11(2)7-10)8-16-22-23-18(25-16)21-17(24)14-6-5-13(20)9-15(14)19/h3-7,9H,8H2,1-2H3,(H,21,23,24). The first-order chi connectivity index (χ1) is 11.9. The molecule has 1 N–H and O–H groups in total. The fourth-order valence-electron chi connectivity index (χ4n) is 2.42. The van der Waals surface area contributed by atoms with Crippen LogP contribution < -0.4 is 5.32 Å². The van der Waals surface area contributed by atoms with E-state index in [1.807, 2.05) is 26.0 Å². The number of nitrogens with zero attached hydrogens (tertiary/aromatic N) is 2. The number of aromatic nitrogens is 2. The van der Waals surface area contributed by atoms with Crippen molar-refractivity contribution in [1.82, 2.24) is 10.2 Å². The number of nitrogens with one attached hydrogen (secondary N) is 1. The summed E-state index contributed by atoms with van der Waals surface area (Å²) >= 11 is 5.87. The van der Waals surface area contributed by atoms with E-state index in [0.717, 1.165) is 23.3 Å². The second kappa shape index (κ2) is 7.03. The van der Waals surface area contributed by atoms with Crippen molar-refractivity contribution >= 4 is 23.5 Å². The molecule has 128 valence electrons. The molecule has 0 aliphatic rings. The SMILES string of the molecule is Cc1ccc(Cc2nnc(NC(=O)c3ccc(F)cc3Cl)o2)c(C)c1. The highest BCUT2D eigenvalue weighted by Gasteiger charge is 2.15. The van der Waals surface area contributed by atoms with E-state index in [1.165, 1.54) is 11.6 Å². The molecule has 25 heavy (non-hydrogen) atoms. The predicted molar refractivity (Wildman–Crippen MR) is 92.4 cm³/mol. The summed E-state index contributed by atoms with van der Waals surface area (Å²) in [5.41, 5.74) is 3.49. The molecule has 0 bridgehead atoms. The van der Waals surface area contributed by atoms with Gasteiger partial charge in [0.05, 0.1) is 17.0 Å². The van der Waals surface area contributed by atoms with Crippen LogP contribution in [-0.4, -0.2) is 16.1 Å². The maximum Gasteiger partial charge on any atom is 0.322 e. The molecule has 0 fully saturated rings. The molecule has 1 amide bonds. The Labute approximate surface area is 148 Å². The van der Waals surface area contributed by atoms with E-state index in [1.54, 1.807) is 0 Å². The second-order valence-electron chi connectivity index (χ2n) is 5.69. The number of hydrogen-bond acceptors (Lipinski definition) is 4. The topological polar surface area (TPSA) is 68.0 Å². The van der Waals surface area contributed by atoms with Crippen LogP contribution in [0.1, 0.15) is 32.9 Å². The number of rotatable bonds is 4. The van der Waals surface area contributed by atoms with Gasteiger partial charge in [0.15, 0.2) is 0 Å². The maximum atomic E-state index is 13.0. The fraction of sp³-hybridized carbons (Fsp3) is 0.167. The van der Waals surface area contributed by atoms with Crippen LogP contribution >= 0.6 is 11.6 Å². The largest absolute Gasteiger partial charge is 0.407 e. The van der Waals surface area contributed by atoms with Gasteiger partial charge in [-0.2, -0.15) is 0 Å². The molecule has 0 aliphatic carbocycles. The Balaban J connectivity index is 1.72. The van der Waals surface area contributed by atoms with Crippen molar-refractivity contribution in [3.05, 3.63) is 75.4 Å². The van der Waals surface area contributed by atoms with E-state index >= 15 is 0 Å². The predicted octanol–water partition coefficient (Wildman–Crippen LogP) is 4.32. The quantitative estimate of drug-likeness (QED) is 0.753. The first kappa shape index (κ1) is 17.1. The number of benzene rings is 2. The molecular formula is C18H15ClFN3O2. The van der Waals surface area contributed by atoms with Crippen molar-refractivity contribution in [1.29, 1.82) is 0 Å². The summed E-state index contributed by atoms with van der Waals surface area (Å²) in [6.45, 7) is 4.04. The van der Waals surface area contributed by atoms with Gasteiger partial charge in [0.25, 0.3) is 5.91 Å². The molecule has 5 nitrogen and oxygen atoms in total. The Bertz CT molecular complexity index is 940. The minimum absolute atomic E-state index is 0.00696. The lowest BCUT2D eigenvalue weighted by Gasteiger charge is -2.04. The van der Waals surface area contributed by atoms with Crippen LogP contribution in [0.5, 0.6) is 0 Å². The minimum atomic E-state index is -0.549. The van der Waals surface area contributed by atoms with Crippen molar-refractivity contribution < 1.29 is 13.6 Å². The number of hydrogen-bond donors (Lipinski definition) is 1. The Hall–Kier alpha value is -2.73. The zero-order valence-electron chi connectivity index (χ0n) is 13.6. The maximum absolute atomic E-state index is 13.0. The van der Waals surface area contributed by atoms with Gasteiger partial charge in [-0.05, 0) is 43.2 Å². The molecule has 0 aliphatic heterocycles. The molecule has 0 spiro atoms. The van der Waals surface area contributed by atoms with E-state index in [4.69, 9.17) is 16.0 Å². The fourth-order valence-corrected chi connectivity index (χ4v) is 2.67. The van der Waals surface area contributed by atoms with Crippen molar-refractivity contribution in [2.24, 2.45) is 0 Å². The van der Waals surface area contributed by atoms with Crippen molar-refractivity contribution in [2.75, 3.05) is 5.32 Å². The molecule has 2 aromatic carbocycles. The third-order valence-corrected chi connectivity index (χ3v) is 4.02. The lowest BCUT2D eigenvalue weighted by molar-refractivity contribution is 0.102. The van der Waals surface area contributed by atoms with Crippen LogP contribution in [0.3, 0.4) is 0 Å². The van der Waals surface area contributed by atoms with Gasteiger partial charge in [-0.25, -0.2) is 4.39 Å². The summed E-state index contributed by atoms with van der Waals surface area (Å²) in [5, 5.41) is 10.2. The normalized spacial score (nSPS) is 10.7. The first-order valence-corrected chi connectivity index (χ1v) is 7.95. The zero-order chi connectivity index (χ0) is 18.0. The average Bonchev–Trinajstić information content (AvgIpc) is 2.97. The Morgan fingerprint density at radius 3 is 2.72 bits per heavy atom. The first-order valence-electron chi connectivity index (χ1n) is 7.57. The molecule has 0 saturated heterocycles. The molecule has 1 aromatic heterocycles. The molecule has 0 radical (unpaired) electrons. The molecule has 3 rings (SSSR count). The highest BCUT2D eigenvalue weighted by atomic mass is 35.5. The summed E-state index contributed by atoms with van der Waals surface area (Å²) in [6, 6.07) is 9.56. The van der Waals surface area contributed by atoms with Crippen LogP contribution in [-0.2, 0) is 6.42 Å². The summed E-state index contributed by atoms with van der Waals surface area (Å²) < 4.78 is 18.5. The van der Waals surface area contributed by atoms with Crippen LogP contribution in [0.4, 0.5) is 10.4 Å². The number of carbonyl (C=O) groups is 1. The lowest BCUT2D eigenvalue weighted by Crippen LogP contribution is -2.12. The Kier molecular flexibility index (Phi) is 4.81. The molecule has 0 unspecified atom stereocenters. The van der Waals surface area contributed by atoms with Crippen molar-refractivity contribution in [3.8, 4) is 0 Å². The summed E-state index contributed by atoms with van der Waals surface area (Å²) in [6.07, 6.45) is 0.465. The number of aryl methyl sites for hydroxylation is 2. The van der Waals surface area contributed by atoms with Gasteiger partial charge in [-0.1, -0.05) is 40.5 Å². The third-order valence-electron chi connectivity index (χ3n) is 3.70. The molecule has 0 atom stereocenters. The van der Waals surface area contributed by atoms with E-state index < -0.39 is 11.7 Å². The monoisotopic (exact) mass is 359 g/mol. The van der Waals surface area contributed by atoms with Gasteiger partial charge in [0.1, 0.15) is 5.82 Å². The summed E-state index contributed by atoms with van der Waals surface area (Å²) in [5.74, 6) is -0.686. The van der Waals surface area contributed by atoms with Crippen LogP contribution in [0.15, 0.2) is 40.8 Å². The lowest BCUT2D eigenvalue weighted by atomic mass is 10.0. The molecular weight excluding hydrogens is 345 g/mol. The molecule has 3 aromatic rings. The average molecular weight is 360 g/mol. The minimum Gasteiger partial charge on any atom is -0.407 e. The Morgan fingerprint density at radius 2 is 2.00 bits per heavy atom. The number of amides is 1. The van der Waals surface area contributed by atoms with E-state index in [0.29, 0.717) is 12.3 Å². The third kappa shape index (κ3) is 4.03. The van der Waals surface area contributed by atoms with E-state index in [9.17, 15) is 9.18 Å². The van der Waals surface area contributed by atoms with Gasteiger partial charge < -0.3 is 4.42 Å². The summed E-state index contributed by atoms with van der Waals surface area (Å²) in [4.78, 5) is 12.2. The zero-order valence-corrected chi connectivity index (χ0v) is 14.4. The van der Waals surface area contributed by atoms with Gasteiger partial charge in [-0.15, -0.1) is 5.10 Å². The van der Waals surface area contributed by atoms with Crippen molar-refractivity contribution in [3.63, 3.8) is 0 Å². The smallest absolute Gasteiger partial charge is 0.322 e. The van der Waals surface area contributed by atoms with Gasteiger partial charge >= 0.3 is 6.01 Å². The van der Waals surface area contributed by atoms with Crippen LogP contribution in [0.2, 0.25) is 5.02 Å². The molecule has 1 heterocycles. The van der Waals surface area contributed by atoms with E-state index in [2.05, 4.69) is 21.6 Å².